The van der Waals surface area contributed by atoms with Crippen molar-refractivity contribution in [2.45, 2.75) is 26.3 Å². The Morgan fingerprint density at radius 3 is 2.60 bits per heavy atom. The van der Waals surface area contributed by atoms with Crippen LogP contribution < -0.4 is 10.6 Å². The molecule has 0 fully saturated rings. The minimum absolute atomic E-state index is 0.540. The van der Waals surface area contributed by atoms with Gasteiger partial charge in [0, 0.05) is 32.7 Å². The first-order chi connectivity index (χ1) is 9.63. The van der Waals surface area contributed by atoms with E-state index in [0.717, 1.165) is 36.5 Å². The smallest absolute Gasteiger partial charge is 0.131 e. The van der Waals surface area contributed by atoms with Crippen molar-refractivity contribution in [1.29, 1.82) is 0 Å². The van der Waals surface area contributed by atoms with Gasteiger partial charge in [-0.15, -0.1) is 0 Å². The predicted octanol–water partition coefficient (Wildman–Crippen LogP) is 2.26. The first-order valence-corrected chi connectivity index (χ1v) is 7.11. The largest absolute Gasteiger partial charge is 0.360 e. The highest BCUT2D eigenvalue weighted by atomic mass is 15.4. The second-order valence-corrected chi connectivity index (χ2v) is 5.23. The molecule has 1 aromatic carbocycles. The van der Waals surface area contributed by atoms with Crippen molar-refractivity contribution in [2.75, 3.05) is 18.5 Å². The maximum atomic E-state index is 5.84. The van der Waals surface area contributed by atoms with E-state index in [2.05, 4.69) is 47.4 Å². The van der Waals surface area contributed by atoms with Crippen molar-refractivity contribution in [3.05, 3.63) is 47.2 Å². The number of aromatic nitrogens is 2. The highest BCUT2D eigenvalue weighted by Crippen LogP contribution is 2.21. The van der Waals surface area contributed by atoms with Crippen LogP contribution >= 0.6 is 0 Å². The van der Waals surface area contributed by atoms with Crippen molar-refractivity contribution in [1.82, 2.24) is 9.78 Å². The standard InChI is InChI=1S/C16H24N4/c1-13-15(12-17)16(20(3)18-13)19(2)11-7-10-14-8-5-4-6-9-14/h4-6,8-9H,7,10-12,17H2,1-3H3. The summed E-state index contributed by atoms with van der Waals surface area (Å²) in [5.41, 5.74) is 9.41. The first kappa shape index (κ1) is 14.6. The van der Waals surface area contributed by atoms with Gasteiger partial charge >= 0.3 is 0 Å². The molecule has 2 aromatic rings. The van der Waals surface area contributed by atoms with Gasteiger partial charge in [0.05, 0.1) is 5.69 Å². The van der Waals surface area contributed by atoms with Crippen molar-refractivity contribution in [3.8, 4) is 0 Å². The zero-order valence-corrected chi connectivity index (χ0v) is 12.6. The van der Waals surface area contributed by atoms with E-state index < -0.39 is 0 Å². The third kappa shape index (κ3) is 3.20. The van der Waals surface area contributed by atoms with Gasteiger partial charge < -0.3 is 10.6 Å². The number of rotatable bonds is 6. The molecule has 0 aliphatic rings. The van der Waals surface area contributed by atoms with Gasteiger partial charge in [-0.05, 0) is 25.3 Å². The van der Waals surface area contributed by atoms with Crippen LogP contribution in [0.3, 0.4) is 0 Å². The number of nitrogens with two attached hydrogens (primary N) is 1. The lowest BCUT2D eigenvalue weighted by Gasteiger charge is -2.20. The molecule has 108 valence electrons. The van der Waals surface area contributed by atoms with Gasteiger partial charge in [-0.25, -0.2) is 0 Å². The number of hydrogen-bond donors (Lipinski definition) is 1. The fourth-order valence-corrected chi connectivity index (χ4v) is 2.68. The van der Waals surface area contributed by atoms with Crippen LogP contribution in [0.25, 0.3) is 0 Å². The average molecular weight is 272 g/mol. The summed E-state index contributed by atoms with van der Waals surface area (Å²) >= 11 is 0. The fourth-order valence-electron chi connectivity index (χ4n) is 2.68. The van der Waals surface area contributed by atoms with Gasteiger partial charge in [0.15, 0.2) is 0 Å². The molecule has 0 bridgehead atoms. The van der Waals surface area contributed by atoms with Crippen LogP contribution in [0.5, 0.6) is 0 Å². The lowest BCUT2D eigenvalue weighted by atomic mass is 10.1. The molecule has 2 N–H and O–H groups in total. The van der Waals surface area contributed by atoms with Gasteiger partial charge in [0.2, 0.25) is 0 Å². The second kappa shape index (κ2) is 6.57. The molecule has 0 saturated heterocycles. The van der Waals surface area contributed by atoms with Crippen molar-refractivity contribution in [2.24, 2.45) is 12.8 Å². The van der Waals surface area contributed by atoms with E-state index in [1.807, 2.05) is 18.7 Å². The Balaban J connectivity index is 1.97. The molecule has 0 amide bonds. The average Bonchev–Trinajstić information content (AvgIpc) is 2.73. The van der Waals surface area contributed by atoms with Gasteiger partial charge in [-0.1, -0.05) is 30.3 Å². The molecule has 0 aliphatic heterocycles. The first-order valence-electron chi connectivity index (χ1n) is 7.11. The van der Waals surface area contributed by atoms with Crippen LogP contribution in [0.2, 0.25) is 0 Å². The molecule has 0 aliphatic carbocycles. The van der Waals surface area contributed by atoms with Crippen LogP contribution in [0.15, 0.2) is 30.3 Å². The van der Waals surface area contributed by atoms with Gasteiger partial charge in [-0.2, -0.15) is 5.10 Å². The van der Waals surface area contributed by atoms with Crippen molar-refractivity contribution >= 4 is 5.82 Å². The van der Waals surface area contributed by atoms with Crippen LogP contribution in [-0.4, -0.2) is 23.4 Å². The number of aryl methyl sites for hydroxylation is 3. The van der Waals surface area contributed by atoms with Crippen molar-refractivity contribution < 1.29 is 0 Å². The third-order valence-electron chi connectivity index (χ3n) is 3.68. The highest BCUT2D eigenvalue weighted by molar-refractivity contribution is 5.49. The molecule has 0 unspecified atom stereocenters. The molecular formula is C16H24N4. The summed E-state index contributed by atoms with van der Waals surface area (Å²) in [4.78, 5) is 2.26. The molecule has 20 heavy (non-hydrogen) atoms. The Hall–Kier alpha value is -1.81. The molecule has 1 heterocycles. The molecule has 4 heteroatoms. The van der Waals surface area contributed by atoms with Crippen LogP contribution in [0.1, 0.15) is 23.2 Å². The summed E-state index contributed by atoms with van der Waals surface area (Å²) in [7, 11) is 4.09. The van der Waals surface area contributed by atoms with Crippen LogP contribution in [-0.2, 0) is 20.0 Å². The summed E-state index contributed by atoms with van der Waals surface area (Å²) in [6.45, 7) is 3.56. The van der Waals surface area contributed by atoms with E-state index in [1.165, 1.54) is 5.56 Å². The lowest BCUT2D eigenvalue weighted by molar-refractivity contribution is 0.706. The van der Waals surface area contributed by atoms with Crippen molar-refractivity contribution in [3.63, 3.8) is 0 Å². The predicted molar refractivity (Wildman–Crippen MR) is 83.9 cm³/mol. The minimum atomic E-state index is 0.540. The number of anilines is 1. The maximum absolute atomic E-state index is 5.84. The lowest BCUT2D eigenvalue weighted by Crippen LogP contribution is -2.23. The summed E-state index contributed by atoms with van der Waals surface area (Å²) in [5, 5.41) is 4.46. The normalized spacial score (nSPS) is 10.8. The van der Waals surface area contributed by atoms with E-state index in [0.29, 0.717) is 6.54 Å². The molecular weight excluding hydrogens is 248 g/mol. The molecule has 1 aromatic heterocycles. The molecule has 0 saturated carbocycles. The van der Waals surface area contributed by atoms with E-state index in [9.17, 15) is 0 Å². The van der Waals surface area contributed by atoms with E-state index in [-0.39, 0.29) is 0 Å². The summed E-state index contributed by atoms with van der Waals surface area (Å²) in [5.74, 6) is 1.14. The minimum Gasteiger partial charge on any atom is -0.360 e. The van der Waals surface area contributed by atoms with Gasteiger partial charge in [0.1, 0.15) is 5.82 Å². The van der Waals surface area contributed by atoms with Gasteiger partial charge in [-0.3, -0.25) is 4.68 Å². The highest BCUT2D eigenvalue weighted by Gasteiger charge is 2.15. The van der Waals surface area contributed by atoms with Gasteiger partial charge in [0.25, 0.3) is 0 Å². The molecule has 0 radical (unpaired) electrons. The monoisotopic (exact) mass is 272 g/mol. The Bertz CT molecular complexity index is 545. The second-order valence-electron chi connectivity index (χ2n) is 5.23. The molecule has 0 atom stereocenters. The Kier molecular flexibility index (Phi) is 4.79. The van der Waals surface area contributed by atoms with Crippen LogP contribution in [0.4, 0.5) is 5.82 Å². The number of nitrogens with zero attached hydrogens (tertiary/aromatic N) is 3. The van der Waals surface area contributed by atoms with E-state index in [1.54, 1.807) is 0 Å². The maximum Gasteiger partial charge on any atom is 0.131 e. The zero-order valence-electron chi connectivity index (χ0n) is 12.6. The Morgan fingerprint density at radius 2 is 1.95 bits per heavy atom. The van der Waals surface area contributed by atoms with Crippen LogP contribution in [0, 0.1) is 6.92 Å². The quantitative estimate of drug-likeness (QED) is 0.877. The Labute approximate surface area is 121 Å². The number of hydrogen-bond acceptors (Lipinski definition) is 3. The fraction of sp³-hybridized carbons (Fsp3) is 0.438. The van der Waals surface area contributed by atoms with E-state index >= 15 is 0 Å². The zero-order chi connectivity index (χ0) is 14.5. The molecule has 2 rings (SSSR count). The Morgan fingerprint density at radius 1 is 1.25 bits per heavy atom. The summed E-state index contributed by atoms with van der Waals surface area (Å²) < 4.78 is 1.93. The molecule has 0 spiro atoms. The number of benzene rings is 1. The summed E-state index contributed by atoms with van der Waals surface area (Å²) in [6, 6.07) is 10.6. The molecule has 4 nitrogen and oxygen atoms in total. The summed E-state index contributed by atoms with van der Waals surface area (Å²) in [6.07, 6.45) is 2.22. The SMILES string of the molecule is Cc1nn(C)c(N(C)CCCc2ccccc2)c1CN. The topological polar surface area (TPSA) is 47.1 Å². The third-order valence-corrected chi connectivity index (χ3v) is 3.68. The van der Waals surface area contributed by atoms with E-state index in [4.69, 9.17) is 5.73 Å².